The molecule has 0 amide bonds. The van der Waals surface area contributed by atoms with Crippen LogP contribution in [0.5, 0.6) is 5.75 Å². The molecule has 1 aliphatic carbocycles. The maximum Gasteiger partial charge on any atom is 0.143 e. The van der Waals surface area contributed by atoms with E-state index in [1.807, 2.05) is 6.20 Å². The summed E-state index contributed by atoms with van der Waals surface area (Å²) in [5.74, 6) is 0.926. The molecule has 0 aliphatic heterocycles. The van der Waals surface area contributed by atoms with Crippen molar-refractivity contribution in [1.82, 2.24) is 4.98 Å². The zero-order chi connectivity index (χ0) is 12.8. The summed E-state index contributed by atoms with van der Waals surface area (Å²) in [5, 5.41) is 1.25. The fraction of sp³-hybridized carbons (Fsp3) is 0.467. The van der Waals surface area contributed by atoms with Crippen molar-refractivity contribution in [3.63, 3.8) is 0 Å². The molecule has 1 aromatic heterocycles. The maximum absolute atomic E-state index is 6.00. The van der Waals surface area contributed by atoms with E-state index in [4.69, 9.17) is 10.5 Å². The van der Waals surface area contributed by atoms with E-state index in [1.54, 1.807) is 7.11 Å². The van der Waals surface area contributed by atoms with E-state index in [-0.39, 0.29) is 5.41 Å². The van der Waals surface area contributed by atoms with Crippen LogP contribution in [-0.4, -0.2) is 18.6 Å². The highest BCUT2D eigenvalue weighted by molar-refractivity contribution is 5.89. The molecule has 3 nitrogen and oxygen atoms in total. The van der Waals surface area contributed by atoms with Crippen LogP contribution in [0.15, 0.2) is 18.3 Å². The van der Waals surface area contributed by atoms with Crippen LogP contribution in [0.1, 0.15) is 30.4 Å². The standard InChI is InChI=1S/C15H20N2O/c1-10-8-17-14-12(10)6-11(7-13(14)18-2)15(9-16)4-3-5-15/h6-8,17H,3-5,9,16H2,1-2H3. The summed E-state index contributed by atoms with van der Waals surface area (Å²) in [5.41, 5.74) is 9.87. The molecule has 1 aliphatic rings. The van der Waals surface area contributed by atoms with Gasteiger partial charge in [0.1, 0.15) is 5.75 Å². The summed E-state index contributed by atoms with van der Waals surface area (Å²) < 4.78 is 5.52. The number of nitrogens with one attached hydrogen (secondary N) is 1. The molecule has 96 valence electrons. The van der Waals surface area contributed by atoms with Crippen molar-refractivity contribution >= 4 is 10.9 Å². The number of aryl methyl sites for hydroxylation is 1. The Kier molecular flexibility index (Phi) is 2.59. The Balaban J connectivity index is 2.21. The molecule has 2 aromatic rings. The molecule has 0 saturated heterocycles. The van der Waals surface area contributed by atoms with Gasteiger partial charge in [-0.2, -0.15) is 0 Å². The highest BCUT2D eigenvalue weighted by Crippen LogP contribution is 2.45. The number of ether oxygens (including phenoxy) is 1. The van der Waals surface area contributed by atoms with Crippen LogP contribution in [0.4, 0.5) is 0 Å². The largest absolute Gasteiger partial charge is 0.495 e. The number of hydrogen-bond acceptors (Lipinski definition) is 2. The summed E-state index contributed by atoms with van der Waals surface area (Å²) in [6, 6.07) is 4.44. The van der Waals surface area contributed by atoms with Crippen LogP contribution >= 0.6 is 0 Å². The number of fused-ring (bicyclic) bond motifs is 1. The van der Waals surface area contributed by atoms with Gasteiger partial charge in [0.05, 0.1) is 12.6 Å². The summed E-state index contributed by atoms with van der Waals surface area (Å²) >= 11 is 0. The van der Waals surface area contributed by atoms with E-state index in [9.17, 15) is 0 Å². The number of nitrogens with two attached hydrogens (primary N) is 1. The predicted molar refractivity (Wildman–Crippen MR) is 74.2 cm³/mol. The van der Waals surface area contributed by atoms with Crippen molar-refractivity contribution in [2.24, 2.45) is 5.73 Å². The highest BCUT2D eigenvalue weighted by Gasteiger charge is 2.37. The second kappa shape index (κ2) is 4.02. The van der Waals surface area contributed by atoms with Crippen molar-refractivity contribution in [1.29, 1.82) is 0 Å². The number of hydrogen-bond donors (Lipinski definition) is 2. The number of H-pyrrole nitrogens is 1. The monoisotopic (exact) mass is 244 g/mol. The van der Waals surface area contributed by atoms with E-state index in [0.29, 0.717) is 0 Å². The molecule has 3 N–H and O–H groups in total. The molecule has 0 spiro atoms. The lowest BCUT2D eigenvalue weighted by molar-refractivity contribution is 0.252. The number of aromatic nitrogens is 1. The van der Waals surface area contributed by atoms with Gasteiger partial charge in [-0.1, -0.05) is 6.42 Å². The second-order valence-corrected chi connectivity index (χ2v) is 5.41. The quantitative estimate of drug-likeness (QED) is 0.872. The van der Waals surface area contributed by atoms with Crippen molar-refractivity contribution in [3.05, 3.63) is 29.5 Å². The lowest BCUT2D eigenvalue weighted by atomic mass is 9.64. The molecule has 0 atom stereocenters. The fourth-order valence-electron chi connectivity index (χ4n) is 3.01. The minimum absolute atomic E-state index is 0.186. The van der Waals surface area contributed by atoms with E-state index >= 15 is 0 Å². The van der Waals surface area contributed by atoms with Crippen molar-refractivity contribution in [2.75, 3.05) is 13.7 Å². The topological polar surface area (TPSA) is 51.0 Å². The molecule has 1 heterocycles. The molecule has 0 unspecified atom stereocenters. The lowest BCUT2D eigenvalue weighted by Gasteiger charge is -2.41. The molecular weight excluding hydrogens is 224 g/mol. The Hall–Kier alpha value is -1.48. The Bertz CT molecular complexity index is 576. The second-order valence-electron chi connectivity index (χ2n) is 5.41. The van der Waals surface area contributed by atoms with Gasteiger partial charge in [-0.25, -0.2) is 0 Å². The Morgan fingerprint density at radius 3 is 2.72 bits per heavy atom. The molecule has 1 fully saturated rings. The summed E-state index contributed by atoms with van der Waals surface area (Å²) in [6.45, 7) is 2.85. The van der Waals surface area contributed by atoms with E-state index in [2.05, 4.69) is 24.0 Å². The Morgan fingerprint density at radius 1 is 1.39 bits per heavy atom. The third-order valence-electron chi connectivity index (χ3n) is 4.49. The average Bonchev–Trinajstić information content (AvgIpc) is 2.70. The summed E-state index contributed by atoms with van der Waals surface area (Å²) in [7, 11) is 1.73. The minimum Gasteiger partial charge on any atom is -0.495 e. The molecule has 18 heavy (non-hydrogen) atoms. The SMILES string of the molecule is COc1cc(C2(CN)CCC2)cc2c(C)c[nH]c12. The van der Waals surface area contributed by atoms with E-state index in [1.165, 1.54) is 35.8 Å². The number of aromatic amines is 1. The Morgan fingerprint density at radius 2 is 2.17 bits per heavy atom. The minimum atomic E-state index is 0.186. The summed E-state index contributed by atoms with van der Waals surface area (Å²) in [6.07, 6.45) is 5.71. The van der Waals surface area contributed by atoms with Gasteiger partial charge in [-0.3, -0.25) is 0 Å². The molecular formula is C15H20N2O. The van der Waals surface area contributed by atoms with Gasteiger partial charge in [0, 0.05) is 23.5 Å². The van der Waals surface area contributed by atoms with Gasteiger partial charge in [0.25, 0.3) is 0 Å². The molecule has 1 saturated carbocycles. The van der Waals surface area contributed by atoms with Crippen molar-refractivity contribution in [3.8, 4) is 5.75 Å². The van der Waals surface area contributed by atoms with Crippen LogP contribution in [0.3, 0.4) is 0 Å². The van der Waals surface area contributed by atoms with Crippen LogP contribution in [-0.2, 0) is 5.41 Å². The van der Waals surface area contributed by atoms with Gasteiger partial charge in [0.15, 0.2) is 0 Å². The molecule has 3 heteroatoms. The zero-order valence-electron chi connectivity index (χ0n) is 11.0. The van der Waals surface area contributed by atoms with Gasteiger partial charge >= 0.3 is 0 Å². The van der Waals surface area contributed by atoms with E-state index in [0.717, 1.165) is 17.8 Å². The van der Waals surface area contributed by atoms with Gasteiger partial charge in [-0.15, -0.1) is 0 Å². The first kappa shape index (κ1) is 11.6. The first-order valence-electron chi connectivity index (χ1n) is 6.56. The predicted octanol–water partition coefficient (Wildman–Crippen LogP) is 2.87. The van der Waals surface area contributed by atoms with Crippen molar-refractivity contribution in [2.45, 2.75) is 31.6 Å². The number of rotatable bonds is 3. The van der Waals surface area contributed by atoms with Gasteiger partial charge in [0.2, 0.25) is 0 Å². The smallest absolute Gasteiger partial charge is 0.143 e. The lowest BCUT2D eigenvalue weighted by Crippen LogP contribution is -2.41. The van der Waals surface area contributed by atoms with Crippen LogP contribution in [0, 0.1) is 6.92 Å². The van der Waals surface area contributed by atoms with E-state index < -0.39 is 0 Å². The van der Waals surface area contributed by atoms with Crippen LogP contribution < -0.4 is 10.5 Å². The van der Waals surface area contributed by atoms with Crippen LogP contribution in [0.2, 0.25) is 0 Å². The zero-order valence-corrected chi connectivity index (χ0v) is 11.0. The van der Waals surface area contributed by atoms with Crippen LogP contribution in [0.25, 0.3) is 10.9 Å². The fourth-order valence-corrected chi connectivity index (χ4v) is 3.01. The normalized spacial score (nSPS) is 17.7. The first-order chi connectivity index (χ1) is 8.70. The average molecular weight is 244 g/mol. The molecule has 3 rings (SSSR count). The molecule has 1 aromatic carbocycles. The molecule has 0 radical (unpaired) electrons. The third kappa shape index (κ3) is 1.47. The van der Waals surface area contributed by atoms with Gasteiger partial charge in [-0.05, 0) is 43.0 Å². The Labute approximate surface area is 107 Å². The molecule has 0 bridgehead atoms. The number of benzene rings is 1. The summed E-state index contributed by atoms with van der Waals surface area (Å²) in [4.78, 5) is 3.28. The highest BCUT2D eigenvalue weighted by atomic mass is 16.5. The third-order valence-corrected chi connectivity index (χ3v) is 4.49. The maximum atomic E-state index is 6.00. The number of methoxy groups -OCH3 is 1. The van der Waals surface area contributed by atoms with Crippen molar-refractivity contribution < 1.29 is 4.74 Å². The van der Waals surface area contributed by atoms with Gasteiger partial charge < -0.3 is 15.5 Å². The first-order valence-corrected chi connectivity index (χ1v) is 6.56.